The Balaban J connectivity index is 2.40. The van der Waals surface area contributed by atoms with E-state index in [4.69, 9.17) is 10.5 Å². The lowest BCUT2D eigenvalue weighted by atomic mass is 10.2. The number of nitrogens with zero attached hydrogens (tertiary/aromatic N) is 2. The van der Waals surface area contributed by atoms with Gasteiger partial charge in [0.25, 0.3) is 5.88 Å². The van der Waals surface area contributed by atoms with Crippen LogP contribution in [0.5, 0.6) is 5.88 Å². The first-order valence-electron chi connectivity index (χ1n) is 3.98. The molecule has 1 aromatic rings. The lowest BCUT2D eigenvalue weighted by Gasteiger charge is -2.05. The summed E-state index contributed by atoms with van der Waals surface area (Å²) in [6.07, 6.45) is 4.15. The Morgan fingerprint density at radius 2 is 2.33 bits per heavy atom. The second kappa shape index (κ2) is 2.62. The molecule has 1 saturated carbocycles. The highest BCUT2D eigenvalue weighted by Gasteiger charge is 2.27. The summed E-state index contributed by atoms with van der Waals surface area (Å²) in [4.78, 5) is 0. The number of nitrogen functional groups attached to an aromatic ring is 1. The Bertz CT molecular complexity index is 296. The molecule has 1 aliphatic carbocycles. The third-order valence-corrected chi connectivity index (χ3v) is 2.10. The fourth-order valence-electron chi connectivity index (χ4n) is 1.26. The van der Waals surface area contributed by atoms with Gasteiger partial charge < -0.3 is 10.5 Å². The summed E-state index contributed by atoms with van der Waals surface area (Å²) in [7, 11) is 1.55. The molecular weight excluding hydrogens is 154 g/mol. The van der Waals surface area contributed by atoms with E-state index in [0.29, 0.717) is 17.5 Å². The summed E-state index contributed by atoms with van der Waals surface area (Å²) in [6, 6.07) is 0. The SMILES string of the molecule is COc1nncc(C2CC2)c1N. The van der Waals surface area contributed by atoms with Crippen molar-refractivity contribution in [3.63, 3.8) is 0 Å². The van der Waals surface area contributed by atoms with Crippen LogP contribution in [0.1, 0.15) is 24.3 Å². The predicted octanol–water partition coefficient (Wildman–Crippen LogP) is 0.945. The van der Waals surface area contributed by atoms with Crippen LogP contribution in [-0.2, 0) is 0 Å². The molecule has 0 radical (unpaired) electrons. The summed E-state index contributed by atoms with van der Waals surface area (Å²) < 4.78 is 4.96. The molecule has 0 atom stereocenters. The maximum Gasteiger partial charge on any atom is 0.256 e. The minimum atomic E-state index is 0.444. The Labute approximate surface area is 70.7 Å². The molecule has 2 N–H and O–H groups in total. The van der Waals surface area contributed by atoms with Crippen molar-refractivity contribution in [3.05, 3.63) is 11.8 Å². The van der Waals surface area contributed by atoms with Crippen LogP contribution in [-0.4, -0.2) is 17.3 Å². The molecule has 2 rings (SSSR count). The molecule has 1 heterocycles. The van der Waals surface area contributed by atoms with Gasteiger partial charge in [-0.15, -0.1) is 5.10 Å². The molecule has 1 aliphatic rings. The zero-order valence-electron chi connectivity index (χ0n) is 6.95. The van der Waals surface area contributed by atoms with Gasteiger partial charge in [0, 0.05) is 5.56 Å². The van der Waals surface area contributed by atoms with E-state index in [2.05, 4.69) is 10.2 Å². The van der Waals surface area contributed by atoms with Crippen LogP contribution in [0.2, 0.25) is 0 Å². The third kappa shape index (κ3) is 1.09. The largest absolute Gasteiger partial charge is 0.478 e. The minimum absolute atomic E-state index is 0.444. The fraction of sp³-hybridized carbons (Fsp3) is 0.500. The Kier molecular flexibility index (Phi) is 1.60. The van der Waals surface area contributed by atoms with Gasteiger partial charge in [0.2, 0.25) is 0 Å². The molecule has 0 unspecified atom stereocenters. The monoisotopic (exact) mass is 165 g/mol. The van der Waals surface area contributed by atoms with Crippen molar-refractivity contribution >= 4 is 5.69 Å². The lowest BCUT2D eigenvalue weighted by molar-refractivity contribution is 0.394. The molecule has 12 heavy (non-hydrogen) atoms. The predicted molar refractivity (Wildman–Crippen MR) is 45.0 cm³/mol. The molecule has 4 nitrogen and oxygen atoms in total. The van der Waals surface area contributed by atoms with Crippen LogP contribution in [0, 0.1) is 0 Å². The van der Waals surface area contributed by atoms with E-state index in [-0.39, 0.29) is 0 Å². The first kappa shape index (κ1) is 7.34. The van der Waals surface area contributed by atoms with Crippen LogP contribution in [0.3, 0.4) is 0 Å². The van der Waals surface area contributed by atoms with Crippen LogP contribution in [0.4, 0.5) is 5.69 Å². The van der Waals surface area contributed by atoms with Crippen molar-refractivity contribution in [2.75, 3.05) is 12.8 Å². The van der Waals surface area contributed by atoms with Crippen molar-refractivity contribution in [2.24, 2.45) is 0 Å². The fourth-order valence-corrected chi connectivity index (χ4v) is 1.26. The van der Waals surface area contributed by atoms with Crippen LogP contribution >= 0.6 is 0 Å². The van der Waals surface area contributed by atoms with E-state index < -0.39 is 0 Å². The van der Waals surface area contributed by atoms with Crippen molar-refractivity contribution in [3.8, 4) is 5.88 Å². The maximum atomic E-state index is 5.81. The van der Waals surface area contributed by atoms with Crippen molar-refractivity contribution in [1.82, 2.24) is 10.2 Å². The average molecular weight is 165 g/mol. The van der Waals surface area contributed by atoms with E-state index in [9.17, 15) is 0 Å². The quantitative estimate of drug-likeness (QED) is 0.708. The van der Waals surface area contributed by atoms with E-state index in [0.717, 1.165) is 5.56 Å². The van der Waals surface area contributed by atoms with Gasteiger partial charge in [-0.2, -0.15) is 5.10 Å². The highest BCUT2D eigenvalue weighted by Crippen LogP contribution is 2.43. The van der Waals surface area contributed by atoms with Gasteiger partial charge in [-0.3, -0.25) is 0 Å². The smallest absolute Gasteiger partial charge is 0.256 e. The summed E-state index contributed by atoms with van der Waals surface area (Å²) in [5.41, 5.74) is 7.54. The number of methoxy groups -OCH3 is 1. The standard InChI is InChI=1S/C8H11N3O/c1-12-8-7(9)6(4-10-11-8)5-2-3-5/h4-5H,2-3H2,1H3,(H2,9,10). The summed E-state index contributed by atoms with van der Waals surface area (Å²) in [5.74, 6) is 1.04. The molecule has 1 fully saturated rings. The van der Waals surface area contributed by atoms with Crippen molar-refractivity contribution in [1.29, 1.82) is 0 Å². The van der Waals surface area contributed by atoms with Crippen LogP contribution in [0.15, 0.2) is 6.20 Å². The summed E-state index contributed by atoms with van der Waals surface area (Å²) in [6.45, 7) is 0. The Morgan fingerprint density at radius 1 is 1.58 bits per heavy atom. The zero-order chi connectivity index (χ0) is 8.55. The van der Waals surface area contributed by atoms with Gasteiger partial charge in [0.15, 0.2) is 0 Å². The van der Waals surface area contributed by atoms with E-state index >= 15 is 0 Å². The Hall–Kier alpha value is -1.32. The maximum absolute atomic E-state index is 5.81. The molecule has 0 aliphatic heterocycles. The van der Waals surface area contributed by atoms with E-state index in [1.807, 2.05) is 0 Å². The van der Waals surface area contributed by atoms with Gasteiger partial charge in [0.05, 0.1) is 13.3 Å². The number of ether oxygens (including phenoxy) is 1. The molecule has 4 heteroatoms. The molecule has 0 spiro atoms. The number of hydrogen-bond donors (Lipinski definition) is 1. The van der Waals surface area contributed by atoms with Gasteiger partial charge in [-0.25, -0.2) is 0 Å². The van der Waals surface area contributed by atoms with Gasteiger partial charge in [-0.1, -0.05) is 0 Å². The lowest BCUT2D eigenvalue weighted by Crippen LogP contribution is -2.01. The second-order valence-corrected chi connectivity index (χ2v) is 3.00. The zero-order valence-corrected chi connectivity index (χ0v) is 6.95. The average Bonchev–Trinajstić information content (AvgIpc) is 2.88. The first-order chi connectivity index (χ1) is 5.83. The number of rotatable bonds is 2. The van der Waals surface area contributed by atoms with E-state index in [1.54, 1.807) is 13.3 Å². The normalized spacial score (nSPS) is 16.1. The highest BCUT2D eigenvalue weighted by molar-refractivity contribution is 5.55. The minimum Gasteiger partial charge on any atom is -0.478 e. The molecular formula is C8H11N3O. The van der Waals surface area contributed by atoms with Crippen molar-refractivity contribution in [2.45, 2.75) is 18.8 Å². The second-order valence-electron chi connectivity index (χ2n) is 3.00. The van der Waals surface area contributed by atoms with Gasteiger partial charge >= 0.3 is 0 Å². The number of anilines is 1. The third-order valence-electron chi connectivity index (χ3n) is 2.10. The number of hydrogen-bond acceptors (Lipinski definition) is 4. The highest BCUT2D eigenvalue weighted by atomic mass is 16.5. The topological polar surface area (TPSA) is 61.0 Å². The molecule has 64 valence electrons. The molecule has 0 amide bonds. The molecule has 0 saturated heterocycles. The van der Waals surface area contributed by atoms with Crippen molar-refractivity contribution < 1.29 is 4.74 Å². The Morgan fingerprint density at radius 3 is 2.92 bits per heavy atom. The molecule has 0 bridgehead atoms. The van der Waals surface area contributed by atoms with E-state index in [1.165, 1.54) is 12.8 Å². The van der Waals surface area contributed by atoms with Crippen LogP contribution in [0.25, 0.3) is 0 Å². The number of aromatic nitrogens is 2. The molecule has 0 aromatic carbocycles. The first-order valence-corrected chi connectivity index (χ1v) is 3.98. The summed E-state index contributed by atoms with van der Waals surface area (Å²) >= 11 is 0. The number of nitrogens with two attached hydrogens (primary N) is 1. The summed E-state index contributed by atoms with van der Waals surface area (Å²) in [5, 5.41) is 7.59. The molecule has 1 aromatic heterocycles. The van der Waals surface area contributed by atoms with Gasteiger partial charge in [0.1, 0.15) is 5.69 Å². The van der Waals surface area contributed by atoms with Crippen LogP contribution < -0.4 is 10.5 Å². The van der Waals surface area contributed by atoms with Gasteiger partial charge in [-0.05, 0) is 18.8 Å².